The van der Waals surface area contributed by atoms with Gasteiger partial charge in [0.1, 0.15) is 0 Å². The Hall–Kier alpha value is -1.06. The van der Waals surface area contributed by atoms with Gasteiger partial charge in [-0.25, -0.2) is 0 Å². The van der Waals surface area contributed by atoms with E-state index in [0.717, 1.165) is 6.42 Å². The minimum absolute atomic E-state index is 0.0420. The van der Waals surface area contributed by atoms with E-state index in [1.54, 1.807) is 18.2 Å². The lowest BCUT2D eigenvalue weighted by Crippen LogP contribution is -2.09. The molecule has 3 nitrogen and oxygen atoms in total. The van der Waals surface area contributed by atoms with Crippen LogP contribution in [0.3, 0.4) is 0 Å². The average Bonchev–Trinajstić information content (AvgIpc) is 2.33. The van der Waals surface area contributed by atoms with Crippen LogP contribution >= 0.6 is 23.2 Å². The number of ether oxygens (including phenoxy) is 1. The van der Waals surface area contributed by atoms with Crippen LogP contribution in [0.4, 0.5) is 0 Å². The van der Waals surface area contributed by atoms with Crippen molar-refractivity contribution in [3.05, 3.63) is 33.8 Å². The molecule has 98 valence electrons. The van der Waals surface area contributed by atoms with E-state index in [1.165, 1.54) is 0 Å². The molecule has 1 rings (SSSR count). The largest absolute Gasteiger partial charge is 0.466 e. The van der Waals surface area contributed by atoms with Crippen molar-refractivity contribution in [2.45, 2.75) is 26.2 Å². The van der Waals surface area contributed by atoms with Gasteiger partial charge in [-0.1, -0.05) is 36.2 Å². The third-order valence-corrected chi connectivity index (χ3v) is 2.89. The van der Waals surface area contributed by atoms with Crippen molar-refractivity contribution in [1.29, 1.82) is 0 Å². The zero-order chi connectivity index (χ0) is 13.5. The van der Waals surface area contributed by atoms with E-state index >= 15 is 0 Å². The molecule has 0 saturated carbocycles. The van der Waals surface area contributed by atoms with Crippen LogP contribution < -0.4 is 0 Å². The highest BCUT2D eigenvalue weighted by Crippen LogP contribution is 2.25. The second kappa shape index (κ2) is 7.39. The van der Waals surface area contributed by atoms with Crippen molar-refractivity contribution in [2.24, 2.45) is 0 Å². The predicted octanol–water partition coefficient (Wildman–Crippen LogP) is 3.91. The molecule has 0 amide bonds. The first-order chi connectivity index (χ1) is 8.56. The van der Waals surface area contributed by atoms with Gasteiger partial charge in [0.25, 0.3) is 0 Å². The molecule has 5 heteroatoms. The predicted molar refractivity (Wildman–Crippen MR) is 71.3 cm³/mol. The van der Waals surface area contributed by atoms with Crippen LogP contribution in [0.1, 0.15) is 36.5 Å². The number of rotatable bonds is 6. The van der Waals surface area contributed by atoms with Gasteiger partial charge >= 0.3 is 5.97 Å². The molecule has 0 spiro atoms. The van der Waals surface area contributed by atoms with Crippen LogP contribution in [0.2, 0.25) is 10.0 Å². The number of Topliss-reactive ketones (excluding diaryl/α,β-unsaturated/α-hetero) is 1. The molecular weight excluding hydrogens is 275 g/mol. The summed E-state index contributed by atoms with van der Waals surface area (Å²) in [4.78, 5) is 23.2. The van der Waals surface area contributed by atoms with E-state index in [0.29, 0.717) is 16.7 Å². The zero-order valence-corrected chi connectivity index (χ0v) is 11.6. The highest BCUT2D eigenvalue weighted by molar-refractivity contribution is 6.39. The lowest BCUT2D eigenvalue weighted by molar-refractivity contribution is -0.143. The number of carbonyl (C=O) groups is 2. The van der Waals surface area contributed by atoms with Crippen molar-refractivity contribution < 1.29 is 14.3 Å². The monoisotopic (exact) mass is 288 g/mol. The third-order valence-electron chi connectivity index (χ3n) is 2.26. The summed E-state index contributed by atoms with van der Waals surface area (Å²) in [5.41, 5.74) is 0.268. The van der Waals surface area contributed by atoms with E-state index in [-0.39, 0.29) is 30.2 Å². The molecule has 0 aliphatic carbocycles. The van der Waals surface area contributed by atoms with Gasteiger partial charge in [-0.15, -0.1) is 0 Å². The molecule has 1 aromatic rings. The Morgan fingerprint density at radius 1 is 1.17 bits per heavy atom. The third kappa shape index (κ3) is 4.31. The first-order valence-electron chi connectivity index (χ1n) is 5.69. The summed E-state index contributed by atoms with van der Waals surface area (Å²) < 4.78 is 4.88. The minimum Gasteiger partial charge on any atom is -0.466 e. The number of halogens is 2. The van der Waals surface area contributed by atoms with Crippen LogP contribution in [-0.4, -0.2) is 18.4 Å². The number of hydrogen-bond acceptors (Lipinski definition) is 3. The van der Waals surface area contributed by atoms with Crippen LogP contribution in [0, 0.1) is 0 Å². The van der Waals surface area contributed by atoms with Gasteiger partial charge in [0, 0.05) is 6.42 Å². The summed E-state index contributed by atoms with van der Waals surface area (Å²) >= 11 is 11.8. The molecule has 18 heavy (non-hydrogen) atoms. The maximum atomic E-state index is 11.9. The Kier molecular flexibility index (Phi) is 6.16. The smallest absolute Gasteiger partial charge is 0.306 e. The van der Waals surface area contributed by atoms with Crippen molar-refractivity contribution in [3.63, 3.8) is 0 Å². The highest BCUT2D eigenvalue weighted by atomic mass is 35.5. The lowest BCUT2D eigenvalue weighted by atomic mass is 10.1. The van der Waals surface area contributed by atoms with E-state index < -0.39 is 0 Å². The molecule has 1 aromatic carbocycles. The molecule has 0 atom stereocenters. The van der Waals surface area contributed by atoms with Gasteiger partial charge in [-0.3, -0.25) is 9.59 Å². The first-order valence-corrected chi connectivity index (χ1v) is 6.44. The molecule has 0 aromatic heterocycles. The Morgan fingerprint density at radius 2 is 1.78 bits per heavy atom. The van der Waals surface area contributed by atoms with Crippen LogP contribution in [0.5, 0.6) is 0 Å². The second-order valence-corrected chi connectivity index (χ2v) is 4.55. The van der Waals surface area contributed by atoms with Crippen molar-refractivity contribution in [3.8, 4) is 0 Å². The second-order valence-electron chi connectivity index (χ2n) is 3.74. The van der Waals surface area contributed by atoms with Gasteiger partial charge in [0.15, 0.2) is 5.78 Å². The van der Waals surface area contributed by atoms with Crippen LogP contribution in [-0.2, 0) is 9.53 Å². The quantitative estimate of drug-likeness (QED) is 0.589. The fraction of sp³-hybridized carbons (Fsp3) is 0.385. The molecule has 0 radical (unpaired) electrons. The van der Waals surface area contributed by atoms with Gasteiger partial charge in [0.2, 0.25) is 0 Å². The summed E-state index contributed by atoms with van der Waals surface area (Å²) in [5.74, 6) is -0.632. The van der Waals surface area contributed by atoms with Crippen molar-refractivity contribution in [2.75, 3.05) is 6.61 Å². The van der Waals surface area contributed by atoms with Gasteiger partial charge in [-0.05, 0) is 18.6 Å². The molecule has 0 N–H and O–H groups in total. The first kappa shape index (κ1) is 15.0. The molecule has 0 aliphatic heterocycles. The van der Waals surface area contributed by atoms with E-state index in [9.17, 15) is 9.59 Å². The topological polar surface area (TPSA) is 43.4 Å². The normalized spacial score (nSPS) is 10.2. The summed E-state index contributed by atoms with van der Waals surface area (Å²) in [6, 6.07) is 4.85. The lowest BCUT2D eigenvalue weighted by Gasteiger charge is -2.06. The number of benzene rings is 1. The number of ketones is 1. The fourth-order valence-corrected chi connectivity index (χ4v) is 2.00. The van der Waals surface area contributed by atoms with Crippen molar-refractivity contribution >= 4 is 35.0 Å². The van der Waals surface area contributed by atoms with Crippen LogP contribution in [0.25, 0.3) is 0 Å². The van der Waals surface area contributed by atoms with Gasteiger partial charge in [-0.2, -0.15) is 0 Å². The fourth-order valence-electron chi connectivity index (χ4n) is 1.39. The van der Waals surface area contributed by atoms with Crippen molar-refractivity contribution in [1.82, 2.24) is 0 Å². The summed E-state index contributed by atoms with van der Waals surface area (Å²) in [5, 5.41) is 0.601. The highest BCUT2D eigenvalue weighted by Gasteiger charge is 2.16. The number of hydrogen-bond donors (Lipinski definition) is 0. The van der Waals surface area contributed by atoms with Gasteiger partial charge in [0.05, 0.1) is 28.6 Å². The van der Waals surface area contributed by atoms with Gasteiger partial charge < -0.3 is 4.74 Å². The SMILES string of the molecule is CCCOC(=O)CCC(=O)c1c(Cl)cccc1Cl. The number of esters is 1. The number of carbonyl (C=O) groups excluding carboxylic acids is 2. The standard InChI is InChI=1S/C13H14Cl2O3/c1-2-8-18-12(17)7-6-11(16)13-9(14)4-3-5-10(13)15/h3-5H,2,6-8H2,1H3. The summed E-state index contributed by atoms with van der Waals surface area (Å²) in [6.07, 6.45) is 0.850. The zero-order valence-electron chi connectivity index (χ0n) is 10.0. The molecular formula is C13H14Cl2O3. The Labute approximate surface area is 116 Å². The van der Waals surface area contributed by atoms with E-state index in [4.69, 9.17) is 27.9 Å². The molecule has 0 fully saturated rings. The maximum absolute atomic E-state index is 11.9. The average molecular weight is 289 g/mol. The molecule has 0 bridgehead atoms. The van der Waals surface area contributed by atoms with E-state index in [2.05, 4.69) is 0 Å². The minimum atomic E-state index is -0.381. The Balaban J connectivity index is 2.58. The summed E-state index contributed by atoms with van der Waals surface area (Å²) in [7, 11) is 0. The van der Waals surface area contributed by atoms with Crippen LogP contribution in [0.15, 0.2) is 18.2 Å². The molecule has 0 saturated heterocycles. The van der Waals surface area contributed by atoms with E-state index in [1.807, 2.05) is 6.92 Å². The molecule has 0 unspecified atom stereocenters. The Bertz CT molecular complexity index is 424. The maximum Gasteiger partial charge on any atom is 0.306 e. The molecule has 0 aliphatic rings. The molecule has 0 heterocycles. The summed E-state index contributed by atoms with van der Waals surface area (Å²) in [6.45, 7) is 2.28. The Morgan fingerprint density at radius 3 is 2.33 bits per heavy atom.